The SMILES string of the molecule is COc1cc2nc(NCCN(C)C)nc(N[C@@H]3CCN(Cc4c(OC)cccc4N(C)C)C3)c2cc1OC. The van der Waals surface area contributed by atoms with Gasteiger partial charge in [0.05, 0.1) is 26.8 Å². The minimum Gasteiger partial charge on any atom is -0.496 e. The summed E-state index contributed by atoms with van der Waals surface area (Å²) < 4.78 is 16.8. The van der Waals surface area contributed by atoms with Crippen molar-refractivity contribution in [2.24, 2.45) is 0 Å². The second-order valence-electron chi connectivity index (χ2n) is 10.1. The Kier molecular flexibility index (Phi) is 8.96. The molecule has 38 heavy (non-hydrogen) atoms. The fourth-order valence-electron chi connectivity index (χ4n) is 4.87. The predicted molar refractivity (Wildman–Crippen MR) is 154 cm³/mol. The van der Waals surface area contributed by atoms with Crippen molar-refractivity contribution in [2.75, 3.05) is 91.2 Å². The lowest BCUT2D eigenvalue weighted by Gasteiger charge is -2.24. The average molecular weight is 524 g/mol. The van der Waals surface area contributed by atoms with Crippen LogP contribution in [0.25, 0.3) is 10.9 Å². The highest BCUT2D eigenvalue weighted by Crippen LogP contribution is 2.36. The number of ether oxygens (including phenoxy) is 3. The Morgan fingerprint density at radius 3 is 2.39 bits per heavy atom. The Morgan fingerprint density at radius 2 is 1.71 bits per heavy atom. The summed E-state index contributed by atoms with van der Waals surface area (Å²) in [6.45, 7) is 4.33. The summed E-state index contributed by atoms with van der Waals surface area (Å²) in [5.74, 6) is 3.60. The van der Waals surface area contributed by atoms with Gasteiger partial charge in [0, 0.05) is 75.6 Å². The van der Waals surface area contributed by atoms with E-state index >= 15 is 0 Å². The molecular formula is C28H41N7O3. The first-order valence-corrected chi connectivity index (χ1v) is 13.0. The highest BCUT2D eigenvalue weighted by molar-refractivity contribution is 5.92. The fourth-order valence-corrected chi connectivity index (χ4v) is 4.87. The monoisotopic (exact) mass is 523 g/mol. The van der Waals surface area contributed by atoms with Crippen molar-refractivity contribution >= 4 is 28.4 Å². The molecule has 1 atom stereocenters. The molecule has 2 N–H and O–H groups in total. The first kappa shape index (κ1) is 27.5. The number of anilines is 3. The average Bonchev–Trinajstić information content (AvgIpc) is 3.34. The molecule has 0 aliphatic carbocycles. The normalized spacial score (nSPS) is 15.6. The lowest BCUT2D eigenvalue weighted by molar-refractivity contribution is 0.319. The van der Waals surface area contributed by atoms with Crippen LogP contribution in [0.3, 0.4) is 0 Å². The zero-order chi connectivity index (χ0) is 27.2. The van der Waals surface area contributed by atoms with Crippen molar-refractivity contribution in [3.8, 4) is 17.2 Å². The third-order valence-corrected chi connectivity index (χ3v) is 6.85. The molecule has 1 fully saturated rings. The summed E-state index contributed by atoms with van der Waals surface area (Å²) in [6, 6.07) is 10.3. The summed E-state index contributed by atoms with van der Waals surface area (Å²) in [5, 5.41) is 7.98. The summed E-state index contributed by atoms with van der Waals surface area (Å²) in [4.78, 5) is 16.4. The zero-order valence-corrected chi connectivity index (χ0v) is 23.7. The molecule has 2 heterocycles. The number of methoxy groups -OCH3 is 3. The number of likely N-dealkylation sites (tertiary alicyclic amines) is 1. The topological polar surface area (TPSA) is 87.2 Å². The maximum atomic E-state index is 5.70. The van der Waals surface area contributed by atoms with Crippen LogP contribution in [0.5, 0.6) is 17.2 Å². The molecule has 1 aliphatic heterocycles. The number of hydrogen-bond acceptors (Lipinski definition) is 10. The van der Waals surface area contributed by atoms with Crippen LogP contribution >= 0.6 is 0 Å². The number of aromatic nitrogens is 2. The predicted octanol–water partition coefficient (Wildman–Crippen LogP) is 3.38. The minimum absolute atomic E-state index is 0.244. The number of rotatable bonds is 12. The summed E-state index contributed by atoms with van der Waals surface area (Å²) in [7, 11) is 13.2. The van der Waals surface area contributed by atoms with Crippen molar-refractivity contribution in [3.05, 3.63) is 35.9 Å². The molecule has 10 nitrogen and oxygen atoms in total. The molecule has 206 valence electrons. The summed E-state index contributed by atoms with van der Waals surface area (Å²) >= 11 is 0. The van der Waals surface area contributed by atoms with Crippen LogP contribution in [0.15, 0.2) is 30.3 Å². The first-order chi connectivity index (χ1) is 18.3. The third kappa shape index (κ3) is 6.31. The minimum atomic E-state index is 0.244. The van der Waals surface area contributed by atoms with E-state index in [0.717, 1.165) is 61.6 Å². The number of benzene rings is 2. The van der Waals surface area contributed by atoms with Crippen LogP contribution < -0.4 is 29.7 Å². The van der Waals surface area contributed by atoms with E-state index in [0.29, 0.717) is 17.4 Å². The van der Waals surface area contributed by atoms with Crippen LogP contribution in [0.1, 0.15) is 12.0 Å². The van der Waals surface area contributed by atoms with Gasteiger partial charge < -0.3 is 34.6 Å². The van der Waals surface area contributed by atoms with Crippen molar-refractivity contribution in [2.45, 2.75) is 19.0 Å². The van der Waals surface area contributed by atoms with E-state index < -0.39 is 0 Å². The van der Waals surface area contributed by atoms with E-state index in [1.807, 2.05) is 38.4 Å². The van der Waals surface area contributed by atoms with E-state index in [1.54, 1.807) is 21.3 Å². The molecule has 1 aliphatic rings. The second-order valence-corrected chi connectivity index (χ2v) is 10.1. The van der Waals surface area contributed by atoms with Crippen LogP contribution in [-0.2, 0) is 6.54 Å². The van der Waals surface area contributed by atoms with Crippen molar-refractivity contribution in [1.29, 1.82) is 0 Å². The van der Waals surface area contributed by atoms with Crippen LogP contribution in [0.4, 0.5) is 17.5 Å². The van der Waals surface area contributed by atoms with Gasteiger partial charge in [0.2, 0.25) is 5.95 Å². The Labute approximate surface area is 225 Å². The number of fused-ring (bicyclic) bond motifs is 1. The van der Waals surface area contributed by atoms with Gasteiger partial charge in [-0.05, 0) is 38.7 Å². The third-order valence-electron chi connectivity index (χ3n) is 6.85. The van der Waals surface area contributed by atoms with Crippen LogP contribution in [0.2, 0.25) is 0 Å². The molecule has 0 radical (unpaired) electrons. The second kappa shape index (κ2) is 12.4. The van der Waals surface area contributed by atoms with Gasteiger partial charge in [0.1, 0.15) is 11.6 Å². The van der Waals surface area contributed by atoms with Gasteiger partial charge in [0.15, 0.2) is 11.5 Å². The number of nitrogens with one attached hydrogen (secondary N) is 2. The fraction of sp³-hybridized carbons (Fsp3) is 0.500. The van der Waals surface area contributed by atoms with Crippen molar-refractivity contribution < 1.29 is 14.2 Å². The Balaban J connectivity index is 1.57. The molecule has 0 spiro atoms. The van der Waals surface area contributed by atoms with Gasteiger partial charge in [-0.25, -0.2) is 4.98 Å². The Bertz CT molecular complexity index is 1230. The van der Waals surface area contributed by atoms with Gasteiger partial charge >= 0.3 is 0 Å². The maximum absolute atomic E-state index is 5.70. The lowest BCUT2D eigenvalue weighted by Crippen LogP contribution is -2.27. The van der Waals surface area contributed by atoms with E-state index in [1.165, 1.54) is 11.3 Å². The quantitative estimate of drug-likeness (QED) is 0.368. The first-order valence-electron chi connectivity index (χ1n) is 13.0. The highest BCUT2D eigenvalue weighted by atomic mass is 16.5. The smallest absolute Gasteiger partial charge is 0.225 e. The van der Waals surface area contributed by atoms with Crippen molar-refractivity contribution in [1.82, 2.24) is 19.8 Å². The van der Waals surface area contributed by atoms with Gasteiger partial charge in [-0.2, -0.15) is 4.98 Å². The molecule has 3 aromatic rings. The number of hydrogen-bond donors (Lipinski definition) is 2. The molecule has 0 amide bonds. The Hall–Kier alpha value is -3.50. The molecule has 0 bridgehead atoms. The van der Waals surface area contributed by atoms with Crippen molar-refractivity contribution in [3.63, 3.8) is 0 Å². The molecule has 10 heteroatoms. The molecule has 4 rings (SSSR count). The van der Waals surface area contributed by atoms with Gasteiger partial charge in [-0.3, -0.25) is 4.90 Å². The standard InChI is InChI=1S/C28H41N7O3/c1-33(2)14-12-29-28-31-22-16-26(38-7)25(37-6)15-20(22)27(32-28)30-19-11-13-35(17-19)18-21-23(34(3)4)9-8-10-24(21)36-5/h8-10,15-16,19H,11-14,17-18H2,1-7H3,(H2,29,30,31,32)/t19-/m1/s1. The van der Waals surface area contributed by atoms with Crippen LogP contribution in [0, 0.1) is 0 Å². The largest absolute Gasteiger partial charge is 0.496 e. The number of likely N-dealkylation sites (N-methyl/N-ethyl adjacent to an activating group) is 1. The molecule has 1 saturated heterocycles. The van der Waals surface area contributed by atoms with E-state index in [-0.39, 0.29) is 6.04 Å². The van der Waals surface area contributed by atoms with Crippen LogP contribution in [-0.4, -0.2) is 102 Å². The summed E-state index contributed by atoms with van der Waals surface area (Å²) in [5.41, 5.74) is 3.18. The Morgan fingerprint density at radius 1 is 0.974 bits per heavy atom. The lowest BCUT2D eigenvalue weighted by atomic mass is 10.1. The van der Waals surface area contributed by atoms with Gasteiger partial charge in [-0.15, -0.1) is 0 Å². The van der Waals surface area contributed by atoms with E-state index in [9.17, 15) is 0 Å². The highest BCUT2D eigenvalue weighted by Gasteiger charge is 2.26. The molecule has 1 aromatic heterocycles. The van der Waals surface area contributed by atoms with E-state index in [4.69, 9.17) is 24.2 Å². The summed E-state index contributed by atoms with van der Waals surface area (Å²) in [6.07, 6.45) is 1.01. The zero-order valence-electron chi connectivity index (χ0n) is 23.7. The van der Waals surface area contributed by atoms with Gasteiger partial charge in [0.25, 0.3) is 0 Å². The van der Waals surface area contributed by atoms with Gasteiger partial charge in [-0.1, -0.05) is 6.07 Å². The molecular weight excluding hydrogens is 482 g/mol. The number of nitrogens with zero attached hydrogens (tertiary/aromatic N) is 5. The maximum Gasteiger partial charge on any atom is 0.225 e. The molecule has 2 aromatic carbocycles. The molecule has 0 unspecified atom stereocenters. The molecule has 0 saturated carbocycles. The van der Waals surface area contributed by atoms with E-state index in [2.05, 4.69) is 45.5 Å².